The lowest BCUT2D eigenvalue weighted by molar-refractivity contribution is -0.119. The molecule has 0 saturated heterocycles. The highest BCUT2D eigenvalue weighted by atomic mass is 32.2. The molecule has 1 aromatic heterocycles. The summed E-state index contributed by atoms with van der Waals surface area (Å²) in [6.45, 7) is 1.86. The molecule has 0 atom stereocenters. The largest absolute Gasteiger partial charge is 0.351 e. The molecule has 0 bridgehead atoms. The van der Waals surface area contributed by atoms with Crippen LogP contribution in [0.4, 0.5) is 4.39 Å². The molecule has 124 valence electrons. The summed E-state index contributed by atoms with van der Waals surface area (Å²) in [5, 5.41) is 2.63. The number of sulfonamides is 1. The van der Waals surface area contributed by atoms with Crippen molar-refractivity contribution in [3.8, 4) is 0 Å². The molecule has 2 aromatic rings. The maximum absolute atomic E-state index is 12.9. The lowest BCUT2D eigenvalue weighted by atomic mass is 10.2. The van der Waals surface area contributed by atoms with Crippen LogP contribution in [0.15, 0.2) is 40.6 Å². The van der Waals surface area contributed by atoms with Gasteiger partial charge in [-0.3, -0.25) is 4.79 Å². The third kappa shape index (κ3) is 4.60. The molecule has 1 N–H and O–H groups in total. The number of nitrogens with zero attached hydrogens (tertiary/aromatic N) is 1. The lowest BCUT2D eigenvalue weighted by Gasteiger charge is -2.16. The number of hydrogen-bond donors (Lipinski definition) is 1. The van der Waals surface area contributed by atoms with E-state index in [-0.39, 0.29) is 22.5 Å². The van der Waals surface area contributed by atoms with Crippen molar-refractivity contribution in [1.29, 1.82) is 0 Å². The average Bonchev–Trinajstić information content (AvgIpc) is 2.97. The highest BCUT2D eigenvalue weighted by molar-refractivity contribution is 7.91. The molecule has 0 spiro atoms. The second-order valence-electron chi connectivity index (χ2n) is 5.02. The number of thiophene rings is 1. The molecule has 23 heavy (non-hydrogen) atoms. The van der Waals surface area contributed by atoms with Crippen LogP contribution in [0.1, 0.15) is 17.4 Å². The lowest BCUT2D eigenvalue weighted by Crippen LogP contribution is -2.25. The molecule has 2 rings (SSSR count). The van der Waals surface area contributed by atoms with Crippen LogP contribution in [0.3, 0.4) is 0 Å². The topological polar surface area (TPSA) is 66.5 Å². The van der Waals surface area contributed by atoms with E-state index in [1.165, 1.54) is 36.5 Å². The van der Waals surface area contributed by atoms with E-state index < -0.39 is 10.0 Å². The average molecular weight is 356 g/mol. The van der Waals surface area contributed by atoms with E-state index in [1.807, 2.05) is 0 Å². The van der Waals surface area contributed by atoms with Gasteiger partial charge in [0.25, 0.3) is 10.0 Å². The number of amides is 1. The highest BCUT2D eigenvalue weighted by Gasteiger charge is 2.23. The summed E-state index contributed by atoms with van der Waals surface area (Å²) in [6, 6.07) is 8.91. The summed E-state index contributed by atoms with van der Waals surface area (Å²) in [5.74, 6) is -0.531. The van der Waals surface area contributed by atoms with Crippen LogP contribution in [0.5, 0.6) is 0 Å². The van der Waals surface area contributed by atoms with E-state index in [0.717, 1.165) is 16.2 Å². The van der Waals surface area contributed by atoms with Crippen molar-refractivity contribution in [2.75, 3.05) is 7.05 Å². The molecule has 0 aliphatic rings. The molecule has 0 aliphatic carbocycles. The third-order valence-corrected chi connectivity index (χ3v) is 6.49. The molecule has 1 amide bonds. The van der Waals surface area contributed by atoms with Crippen molar-refractivity contribution < 1.29 is 17.6 Å². The van der Waals surface area contributed by atoms with Gasteiger partial charge in [0, 0.05) is 25.4 Å². The van der Waals surface area contributed by atoms with E-state index >= 15 is 0 Å². The Morgan fingerprint density at radius 3 is 2.48 bits per heavy atom. The summed E-state index contributed by atoms with van der Waals surface area (Å²) in [5.41, 5.74) is 0.701. The van der Waals surface area contributed by atoms with E-state index in [1.54, 1.807) is 18.2 Å². The fourth-order valence-electron chi connectivity index (χ4n) is 1.89. The molecular weight excluding hydrogens is 339 g/mol. The van der Waals surface area contributed by atoms with Gasteiger partial charge >= 0.3 is 0 Å². The number of hydrogen-bond acceptors (Lipinski definition) is 4. The van der Waals surface area contributed by atoms with Crippen LogP contribution in [0.25, 0.3) is 0 Å². The summed E-state index contributed by atoms with van der Waals surface area (Å²) < 4.78 is 39.4. The Bertz CT molecular complexity index is 785. The maximum Gasteiger partial charge on any atom is 0.252 e. The van der Waals surface area contributed by atoms with E-state index in [4.69, 9.17) is 0 Å². The Balaban J connectivity index is 2.10. The van der Waals surface area contributed by atoms with Gasteiger partial charge in [0.05, 0.1) is 6.54 Å². The van der Waals surface area contributed by atoms with Gasteiger partial charge < -0.3 is 5.32 Å². The zero-order chi connectivity index (χ0) is 17.0. The summed E-state index contributed by atoms with van der Waals surface area (Å²) in [6.07, 6.45) is 0. The van der Waals surface area contributed by atoms with Gasteiger partial charge in [0.2, 0.25) is 5.91 Å². The van der Waals surface area contributed by atoms with Crippen LogP contribution < -0.4 is 5.32 Å². The van der Waals surface area contributed by atoms with Gasteiger partial charge in [-0.1, -0.05) is 12.1 Å². The Morgan fingerprint density at radius 1 is 1.22 bits per heavy atom. The molecule has 1 aromatic carbocycles. The molecule has 0 fully saturated rings. The minimum absolute atomic E-state index is 0.154. The van der Waals surface area contributed by atoms with Crippen LogP contribution in [-0.4, -0.2) is 25.7 Å². The monoisotopic (exact) mass is 356 g/mol. The Hall–Kier alpha value is -1.77. The number of carbonyl (C=O) groups excluding carboxylic acids is 1. The van der Waals surface area contributed by atoms with Crippen LogP contribution in [0, 0.1) is 5.82 Å². The first-order chi connectivity index (χ1) is 10.8. The van der Waals surface area contributed by atoms with Gasteiger partial charge in [0.15, 0.2) is 0 Å². The molecule has 1 heterocycles. The third-order valence-electron chi connectivity index (χ3n) is 3.13. The number of halogens is 1. The zero-order valence-electron chi connectivity index (χ0n) is 12.7. The quantitative estimate of drug-likeness (QED) is 0.864. The van der Waals surface area contributed by atoms with Crippen molar-refractivity contribution in [2.24, 2.45) is 0 Å². The number of benzene rings is 1. The summed E-state index contributed by atoms with van der Waals surface area (Å²) in [4.78, 5) is 11.7. The van der Waals surface area contributed by atoms with Gasteiger partial charge in [-0.25, -0.2) is 12.8 Å². The Kier molecular flexibility index (Phi) is 5.51. The first-order valence-electron chi connectivity index (χ1n) is 6.83. The normalized spacial score (nSPS) is 11.7. The molecule has 0 aliphatic heterocycles. The fraction of sp³-hybridized carbons (Fsp3) is 0.267. The molecular formula is C15H17FN2O3S2. The van der Waals surface area contributed by atoms with Crippen molar-refractivity contribution >= 4 is 27.3 Å². The van der Waals surface area contributed by atoms with Crippen LogP contribution in [0.2, 0.25) is 0 Å². The minimum Gasteiger partial charge on any atom is -0.351 e. The second-order valence-corrected chi connectivity index (χ2v) is 8.46. The SMILES string of the molecule is CC(=O)NCc1ccc(S(=O)(=O)N(C)Cc2ccc(F)cc2)s1. The predicted molar refractivity (Wildman–Crippen MR) is 86.9 cm³/mol. The van der Waals surface area contributed by atoms with Crippen LogP contribution >= 0.6 is 11.3 Å². The molecule has 0 radical (unpaired) electrons. The summed E-state index contributed by atoms with van der Waals surface area (Å²) in [7, 11) is -2.14. The van der Waals surface area contributed by atoms with Crippen molar-refractivity contribution in [1.82, 2.24) is 9.62 Å². The number of carbonyl (C=O) groups is 1. The Labute approximate surface area is 138 Å². The number of nitrogens with one attached hydrogen (secondary N) is 1. The van der Waals surface area contributed by atoms with Crippen molar-refractivity contribution in [3.63, 3.8) is 0 Å². The molecule has 8 heteroatoms. The van der Waals surface area contributed by atoms with E-state index in [2.05, 4.69) is 5.32 Å². The first kappa shape index (κ1) is 17.6. The predicted octanol–water partition coefficient (Wildman–Crippen LogP) is 2.34. The van der Waals surface area contributed by atoms with Crippen molar-refractivity contribution in [3.05, 3.63) is 52.7 Å². The molecule has 5 nitrogen and oxygen atoms in total. The van der Waals surface area contributed by atoms with Gasteiger partial charge in [-0.15, -0.1) is 11.3 Å². The van der Waals surface area contributed by atoms with E-state index in [0.29, 0.717) is 12.1 Å². The van der Waals surface area contributed by atoms with Crippen molar-refractivity contribution in [2.45, 2.75) is 24.2 Å². The van der Waals surface area contributed by atoms with Gasteiger partial charge in [-0.05, 0) is 29.8 Å². The summed E-state index contributed by atoms with van der Waals surface area (Å²) >= 11 is 1.12. The van der Waals surface area contributed by atoms with Gasteiger partial charge in [0.1, 0.15) is 10.0 Å². The highest BCUT2D eigenvalue weighted by Crippen LogP contribution is 2.25. The molecule has 0 saturated carbocycles. The smallest absolute Gasteiger partial charge is 0.252 e. The maximum atomic E-state index is 12.9. The standard InChI is InChI=1S/C15H17FN2O3S2/c1-11(19)17-9-14-7-8-15(22-14)23(20,21)18(2)10-12-3-5-13(16)6-4-12/h3-8H,9-10H2,1-2H3,(H,17,19). The van der Waals surface area contributed by atoms with E-state index in [9.17, 15) is 17.6 Å². The number of rotatable bonds is 6. The molecule has 0 unspecified atom stereocenters. The Morgan fingerprint density at radius 2 is 1.87 bits per heavy atom. The van der Waals surface area contributed by atoms with Gasteiger partial charge in [-0.2, -0.15) is 4.31 Å². The van der Waals surface area contributed by atoms with Crippen LogP contribution in [-0.2, 0) is 27.9 Å². The minimum atomic E-state index is -3.62. The zero-order valence-corrected chi connectivity index (χ0v) is 14.4. The fourth-order valence-corrected chi connectivity index (χ4v) is 4.55. The first-order valence-corrected chi connectivity index (χ1v) is 9.08. The second kappa shape index (κ2) is 7.20.